The normalized spacial score (nSPS) is 15.5. The summed E-state index contributed by atoms with van der Waals surface area (Å²) in [6.45, 7) is 6.38. The first-order valence-corrected chi connectivity index (χ1v) is 11.3. The lowest BCUT2D eigenvalue weighted by Gasteiger charge is -2.38. The molecule has 1 saturated heterocycles. The Morgan fingerprint density at radius 3 is 2.55 bits per heavy atom. The molecule has 1 unspecified atom stereocenters. The van der Waals surface area contributed by atoms with E-state index in [0.717, 1.165) is 38.5 Å². The Morgan fingerprint density at radius 1 is 1.03 bits per heavy atom. The fourth-order valence-corrected chi connectivity index (χ4v) is 4.91. The van der Waals surface area contributed by atoms with Crippen LogP contribution in [0.1, 0.15) is 5.56 Å². The minimum Gasteiger partial charge on any atom is -0.375 e. The molecule has 1 atom stereocenters. The molecular weight excluding hydrogens is 432 g/mol. The van der Waals surface area contributed by atoms with Crippen LogP contribution in [0, 0.1) is 11.3 Å². The quantitative estimate of drug-likeness (QED) is 0.429. The van der Waals surface area contributed by atoms with Crippen molar-refractivity contribution >= 4 is 39.0 Å². The van der Waals surface area contributed by atoms with E-state index in [-0.39, 0.29) is 0 Å². The minimum atomic E-state index is -0.658. The molecule has 5 nitrogen and oxygen atoms in total. The fraction of sp³-hybridized carbons (Fsp3) is 0.185. The Hall–Kier alpha value is -3.43. The Balaban J connectivity index is 1.61. The summed E-state index contributed by atoms with van der Waals surface area (Å²) in [5, 5.41) is 23.6. The van der Waals surface area contributed by atoms with Gasteiger partial charge in [-0.25, -0.2) is 0 Å². The number of aliphatic hydroxyl groups is 1. The lowest BCUT2D eigenvalue weighted by molar-refractivity contribution is 0.0381. The number of benzene rings is 3. The van der Waals surface area contributed by atoms with Crippen molar-refractivity contribution in [1.29, 1.82) is 5.26 Å². The molecule has 1 aliphatic rings. The third kappa shape index (κ3) is 3.83. The zero-order valence-electron chi connectivity index (χ0n) is 18.1. The van der Waals surface area contributed by atoms with E-state index in [1.165, 1.54) is 6.08 Å². The molecular formula is C27H23ClN4O. The summed E-state index contributed by atoms with van der Waals surface area (Å²) < 4.78 is 0. The van der Waals surface area contributed by atoms with Gasteiger partial charge in [0.25, 0.3) is 0 Å². The van der Waals surface area contributed by atoms with Crippen LogP contribution in [0.5, 0.6) is 0 Å². The number of aromatic nitrogens is 1. The number of anilines is 1. The van der Waals surface area contributed by atoms with Crippen LogP contribution in [0.25, 0.3) is 32.8 Å². The highest BCUT2D eigenvalue weighted by Gasteiger charge is 2.24. The van der Waals surface area contributed by atoms with E-state index in [9.17, 15) is 10.4 Å². The van der Waals surface area contributed by atoms with Crippen LogP contribution in [0.3, 0.4) is 0 Å². The second kappa shape index (κ2) is 8.84. The largest absolute Gasteiger partial charge is 0.375 e. The van der Waals surface area contributed by atoms with Crippen molar-refractivity contribution in [3.05, 3.63) is 84.0 Å². The van der Waals surface area contributed by atoms with E-state index in [1.54, 1.807) is 6.20 Å². The number of nitriles is 1. The van der Waals surface area contributed by atoms with Gasteiger partial charge in [-0.3, -0.25) is 9.88 Å². The number of nitrogens with zero attached hydrogens (tertiary/aromatic N) is 4. The Morgan fingerprint density at radius 2 is 1.79 bits per heavy atom. The Kier molecular flexibility index (Phi) is 5.74. The van der Waals surface area contributed by atoms with Gasteiger partial charge >= 0.3 is 0 Å². The first kappa shape index (κ1) is 21.4. The van der Waals surface area contributed by atoms with E-state index in [1.807, 2.05) is 35.2 Å². The third-order valence-electron chi connectivity index (χ3n) is 6.34. The van der Waals surface area contributed by atoms with Crippen LogP contribution >= 0.6 is 11.6 Å². The molecule has 3 aromatic carbocycles. The van der Waals surface area contributed by atoms with Crippen LogP contribution in [-0.2, 0) is 0 Å². The molecule has 1 aliphatic heterocycles. The third-order valence-corrected chi connectivity index (χ3v) is 6.66. The molecule has 0 bridgehead atoms. The molecule has 0 radical (unpaired) electrons. The van der Waals surface area contributed by atoms with Gasteiger partial charge in [0.1, 0.15) is 12.3 Å². The Bertz CT molecular complexity index is 1400. The maximum Gasteiger partial charge on any atom is 0.126 e. The highest BCUT2D eigenvalue weighted by Crippen LogP contribution is 2.39. The number of aliphatic hydroxyl groups excluding tert-OH is 1. The fourth-order valence-electron chi connectivity index (χ4n) is 4.65. The SMILES string of the molecule is C=CC(O)N1CCN(c2c(C#N)cnc3cc(-c4cccc5ccccc45)c(Cl)cc23)CC1. The average molecular weight is 455 g/mol. The van der Waals surface area contributed by atoms with Crippen molar-refractivity contribution in [1.82, 2.24) is 9.88 Å². The highest BCUT2D eigenvalue weighted by atomic mass is 35.5. The van der Waals surface area contributed by atoms with Crippen molar-refractivity contribution in [2.24, 2.45) is 0 Å². The maximum atomic E-state index is 10.1. The van der Waals surface area contributed by atoms with Crippen LogP contribution in [0.4, 0.5) is 5.69 Å². The molecule has 5 rings (SSSR count). The number of hydrogen-bond acceptors (Lipinski definition) is 5. The van der Waals surface area contributed by atoms with E-state index in [2.05, 4.69) is 46.8 Å². The molecule has 0 aliphatic carbocycles. The first-order valence-electron chi connectivity index (χ1n) is 10.9. The lowest BCUT2D eigenvalue weighted by atomic mass is 9.96. The summed E-state index contributed by atoms with van der Waals surface area (Å²) >= 11 is 6.85. The summed E-state index contributed by atoms with van der Waals surface area (Å²) in [6, 6.07) is 20.7. The molecule has 33 heavy (non-hydrogen) atoms. The summed E-state index contributed by atoms with van der Waals surface area (Å²) in [7, 11) is 0. The van der Waals surface area contributed by atoms with Crippen LogP contribution in [0.2, 0.25) is 5.02 Å². The highest BCUT2D eigenvalue weighted by molar-refractivity contribution is 6.35. The summed E-state index contributed by atoms with van der Waals surface area (Å²) in [5.41, 5.74) is 4.14. The van der Waals surface area contributed by atoms with E-state index in [0.29, 0.717) is 36.8 Å². The molecule has 1 aromatic heterocycles. The molecule has 1 N–H and O–H groups in total. The standard InChI is InChI=1S/C27H23ClN4O/c1-2-26(33)31-10-12-32(13-11-31)27-19(16-29)17-30-25-15-22(24(28)14-23(25)27)21-9-5-7-18-6-3-4-8-20(18)21/h2-9,14-15,17,26,33H,1,10-13H2. The molecule has 0 spiro atoms. The van der Waals surface area contributed by atoms with Gasteiger partial charge in [-0.2, -0.15) is 5.26 Å². The van der Waals surface area contributed by atoms with Gasteiger partial charge in [-0.15, -0.1) is 0 Å². The van der Waals surface area contributed by atoms with Gasteiger partial charge in [0.05, 0.1) is 16.8 Å². The second-order valence-corrected chi connectivity index (χ2v) is 8.59. The van der Waals surface area contributed by atoms with Crippen LogP contribution in [0.15, 0.2) is 73.4 Å². The number of piperazine rings is 1. The number of fused-ring (bicyclic) bond motifs is 2. The predicted molar refractivity (Wildman–Crippen MR) is 134 cm³/mol. The smallest absolute Gasteiger partial charge is 0.126 e. The van der Waals surface area contributed by atoms with Crippen LogP contribution < -0.4 is 4.90 Å². The molecule has 1 fully saturated rings. The monoisotopic (exact) mass is 454 g/mol. The average Bonchev–Trinajstić information content (AvgIpc) is 2.87. The molecule has 4 aromatic rings. The van der Waals surface area contributed by atoms with Crippen molar-refractivity contribution < 1.29 is 5.11 Å². The summed E-state index contributed by atoms with van der Waals surface area (Å²) in [6.07, 6.45) is 2.52. The van der Waals surface area contributed by atoms with E-state index >= 15 is 0 Å². The number of halogens is 1. The van der Waals surface area contributed by atoms with Crippen molar-refractivity contribution in [2.45, 2.75) is 6.23 Å². The van der Waals surface area contributed by atoms with Crippen molar-refractivity contribution in [3.8, 4) is 17.2 Å². The molecule has 6 heteroatoms. The van der Waals surface area contributed by atoms with Gasteiger partial charge in [-0.05, 0) is 34.5 Å². The van der Waals surface area contributed by atoms with Gasteiger partial charge in [0.2, 0.25) is 0 Å². The van der Waals surface area contributed by atoms with E-state index in [4.69, 9.17) is 11.6 Å². The minimum absolute atomic E-state index is 0.522. The molecule has 164 valence electrons. The number of hydrogen-bond donors (Lipinski definition) is 1. The topological polar surface area (TPSA) is 63.4 Å². The number of pyridine rings is 1. The van der Waals surface area contributed by atoms with Crippen molar-refractivity contribution in [2.75, 3.05) is 31.1 Å². The van der Waals surface area contributed by atoms with Gasteiger partial charge < -0.3 is 10.0 Å². The number of rotatable bonds is 4. The van der Waals surface area contributed by atoms with Gasteiger partial charge in [-0.1, -0.05) is 60.6 Å². The van der Waals surface area contributed by atoms with Crippen molar-refractivity contribution in [3.63, 3.8) is 0 Å². The predicted octanol–water partition coefficient (Wildman–Crippen LogP) is 5.21. The zero-order valence-corrected chi connectivity index (χ0v) is 18.8. The van der Waals surface area contributed by atoms with Gasteiger partial charge in [0.15, 0.2) is 0 Å². The van der Waals surface area contributed by atoms with E-state index < -0.39 is 6.23 Å². The maximum absolute atomic E-state index is 10.1. The molecule has 0 amide bonds. The second-order valence-electron chi connectivity index (χ2n) is 8.18. The lowest BCUT2D eigenvalue weighted by Crippen LogP contribution is -2.50. The summed E-state index contributed by atoms with van der Waals surface area (Å²) in [5.74, 6) is 0. The van der Waals surface area contributed by atoms with Gasteiger partial charge in [0, 0.05) is 48.3 Å². The van der Waals surface area contributed by atoms with Crippen LogP contribution in [-0.4, -0.2) is 47.4 Å². The molecule has 0 saturated carbocycles. The first-order chi connectivity index (χ1) is 16.1. The summed E-state index contributed by atoms with van der Waals surface area (Å²) in [4.78, 5) is 8.75. The molecule has 2 heterocycles. The Labute approximate surface area is 197 Å². The zero-order chi connectivity index (χ0) is 22.9.